The molecular weight excluding hydrogens is 368 g/mol. The van der Waals surface area contributed by atoms with Crippen LogP contribution in [-0.4, -0.2) is 31.6 Å². The van der Waals surface area contributed by atoms with E-state index in [0.717, 1.165) is 0 Å². The normalized spacial score (nSPS) is 15.0. The first-order chi connectivity index (χ1) is 13.9. The average molecular weight is 394 g/mol. The van der Waals surface area contributed by atoms with Crippen LogP contribution >= 0.6 is 0 Å². The smallest absolute Gasteiger partial charge is 0.259 e. The average Bonchev–Trinajstić information content (AvgIpc) is 2.79. The summed E-state index contributed by atoms with van der Waals surface area (Å²) in [6.07, 6.45) is 1.67. The van der Waals surface area contributed by atoms with Gasteiger partial charge >= 0.3 is 0 Å². The zero-order valence-corrected chi connectivity index (χ0v) is 17.0. The van der Waals surface area contributed by atoms with Gasteiger partial charge in [0.2, 0.25) is 5.91 Å². The van der Waals surface area contributed by atoms with Gasteiger partial charge in [-0.2, -0.15) is 0 Å². The number of benzene rings is 2. The van der Waals surface area contributed by atoms with Gasteiger partial charge in [0.25, 0.3) is 5.91 Å². The molecule has 0 atom stereocenters. The number of amides is 2. The molecule has 0 bridgehead atoms. The van der Waals surface area contributed by atoms with E-state index >= 15 is 0 Å². The van der Waals surface area contributed by atoms with Crippen LogP contribution in [0, 0.1) is 5.41 Å². The monoisotopic (exact) mass is 394 g/mol. The van der Waals surface area contributed by atoms with Gasteiger partial charge in [0.05, 0.1) is 23.3 Å². The molecule has 0 saturated carbocycles. The van der Waals surface area contributed by atoms with Crippen LogP contribution in [0.25, 0.3) is 0 Å². The second-order valence-corrected chi connectivity index (χ2v) is 7.44. The summed E-state index contributed by atoms with van der Waals surface area (Å²) in [5, 5.41) is 2.89. The molecule has 0 aliphatic carbocycles. The summed E-state index contributed by atoms with van der Waals surface area (Å²) >= 11 is 0. The summed E-state index contributed by atoms with van der Waals surface area (Å²) in [5.74, 6) is 0.779. The Labute approximate surface area is 171 Å². The number of para-hydroxylation sites is 1. The molecule has 0 unspecified atom stereocenters. The molecule has 1 aliphatic rings. The molecule has 0 aromatic heterocycles. The molecule has 152 valence electrons. The Morgan fingerprint density at radius 1 is 1.31 bits per heavy atom. The van der Waals surface area contributed by atoms with Crippen molar-refractivity contribution >= 4 is 23.2 Å². The van der Waals surface area contributed by atoms with Crippen molar-refractivity contribution in [1.29, 1.82) is 0 Å². The molecule has 0 spiro atoms. The summed E-state index contributed by atoms with van der Waals surface area (Å²) in [6, 6.07) is 12.4. The van der Waals surface area contributed by atoms with Crippen LogP contribution in [0.5, 0.6) is 11.5 Å². The highest BCUT2D eigenvalue weighted by molar-refractivity contribution is 6.07. The van der Waals surface area contributed by atoms with Gasteiger partial charge < -0.3 is 19.7 Å². The van der Waals surface area contributed by atoms with Crippen LogP contribution < -0.4 is 19.7 Å². The van der Waals surface area contributed by atoms with Crippen molar-refractivity contribution in [2.75, 3.05) is 30.0 Å². The highest BCUT2D eigenvalue weighted by Gasteiger charge is 2.37. The molecule has 2 amide bonds. The minimum atomic E-state index is -0.665. The third-order valence-corrected chi connectivity index (χ3v) is 4.66. The van der Waals surface area contributed by atoms with E-state index in [1.54, 1.807) is 47.4 Å². The fourth-order valence-electron chi connectivity index (χ4n) is 3.17. The van der Waals surface area contributed by atoms with E-state index in [1.165, 1.54) is 0 Å². The van der Waals surface area contributed by atoms with Gasteiger partial charge in [-0.05, 0) is 51.1 Å². The van der Waals surface area contributed by atoms with Crippen LogP contribution in [0.2, 0.25) is 0 Å². The number of hydrogen-bond donors (Lipinski definition) is 1. The molecule has 29 heavy (non-hydrogen) atoms. The first kappa shape index (κ1) is 20.5. The molecule has 0 fully saturated rings. The van der Waals surface area contributed by atoms with E-state index in [2.05, 4.69) is 11.9 Å². The largest absolute Gasteiger partial charge is 0.493 e. The van der Waals surface area contributed by atoms with Crippen molar-refractivity contribution in [3.8, 4) is 11.5 Å². The topological polar surface area (TPSA) is 67.9 Å². The lowest BCUT2D eigenvalue weighted by atomic mass is 9.93. The minimum absolute atomic E-state index is 0.0543. The Kier molecular flexibility index (Phi) is 5.92. The van der Waals surface area contributed by atoms with Crippen molar-refractivity contribution in [2.45, 2.75) is 20.8 Å². The standard InChI is InChI=1S/C23H26N2O4/c1-5-13-25-18-14-16(11-12-20(18)29-15-23(3,4)22(25)27)24-21(26)17-9-7-8-10-19(17)28-6-2/h5,7-12,14H,1,6,13,15H2,2-4H3,(H,24,26). The molecule has 6 heteroatoms. The van der Waals surface area contributed by atoms with Crippen molar-refractivity contribution in [3.63, 3.8) is 0 Å². The van der Waals surface area contributed by atoms with E-state index in [0.29, 0.717) is 41.6 Å². The number of nitrogens with zero attached hydrogens (tertiary/aromatic N) is 1. The van der Waals surface area contributed by atoms with Crippen molar-refractivity contribution in [2.24, 2.45) is 5.41 Å². The number of anilines is 2. The molecule has 2 aromatic carbocycles. The van der Waals surface area contributed by atoms with Gasteiger partial charge in [0.1, 0.15) is 18.1 Å². The fraction of sp³-hybridized carbons (Fsp3) is 0.304. The van der Waals surface area contributed by atoms with E-state index in [-0.39, 0.29) is 18.4 Å². The number of hydrogen-bond acceptors (Lipinski definition) is 4. The van der Waals surface area contributed by atoms with Crippen LogP contribution in [0.1, 0.15) is 31.1 Å². The van der Waals surface area contributed by atoms with Gasteiger partial charge in [0.15, 0.2) is 0 Å². The second-order valence-electron chi connectivity index (χ2n) is 7.44. The summed E-state index contributed by atoms with van der Waals surface area (Å²) < 4.78 is 11.4. The maximum atomic E-state index is 13.0. The second kappa shape index (κ2) is 8.39. The quantitative estimate of drug-likeness (QED) is 0.743. The van der Waals surface area contributed by atoms with Crippen molar-refractivity contribution in [3.05, 3.63) is 60.7 Å². The van der Waals surface area contributed by atoms with Gasteiger partial charge in [-0.25, -0.2) is 0 Å². The molecule has 3 rings (SSSR count). The van der Waals surface area contributed by atoms with E-state index in [1.807, 2.05) is 26.8 Å². The lowest BCUT2D eigenvalue weighted by molar-refractivity contribution is -0.127. The Bertz CT molecular complexity index is 936. The third-order valence-electron chi connectivity index (χ3n) is 4.66. The first-order valence-corrected chi connectivity index (χ1v) is 9.60. The number of carbonyl (C=O) groups excluding carboxylic acids is 2. The maximum Gasteiger partial charge on any atom is 0.259 e. The number of ether oxygens (including phenoxy) is 2. The summed E-state index contributed by atoms with van der Waals surface area (Å²) in [6.45, 7) is 10.4. The van der Waals surface area contributed by atoms with Gasteiger partial charge in [-0.1, -0.05) is 18.2 Å². The predicted octanol–water partition coefficient (Wildman–Crippen LogP) is 4.28. The number of fused-ring (bicyclic) bond motifs is 1. The van der Waals surface area contributed by atoms with Crippen LogP contribution in [0.4, 0.5) is 11.4 Å². The molecule has 6 nitrogen and oxygen atoms in total. The SMILES string of the molecule is C=CCN1C(=O)C(C)(C)COc2ccc(NC(=O)c3ccccc3OCC)cc21. The minimum Gasteiger partial charge on any atom is -0.493 e. The number of carbonyl (C=O) groups is 2. The number of nitrogens with one attached hydrogen (secondary N) is 1. The molecule has 0 saturated heterocycles. The van der Waals surface area contributed by atoms with E-state index < -0.39 is 5.41 Å². The summed E-state index contributed by atoms with van der Waals surface area (Å²) in [7, 11) is 0. The van der Waals surface area contributed by atoms with Crippen LogP contribution in [-0.2, 0) is 4.79 Å². The fourth-order valence-corrected chi connectivity index (χ4v) is 3.17. The molecule has 1 N–H and O–H groups in total. The third kappa shape index (κ3) is 4.26. The molecule has 1 aliphatic heterocycles. The summed E-state index contributed by atoms with van der Waals surface area (Å²) in [5.41, 5.74) is 0.948. The molecule has 0 radical (unpaired) electrons. The molecule has 1 heterocycles. The highest BCUT2D eigenvalue weighted by atomic mass is 16.5. The Hall–Kier alpha value is -3.28. The predicted molar refractivity (Wildman–Crippen MR) is 114 cm³/mol. The van der Waals surface area contributed by atoms with Crippen molar-refractivity contribution in [1.82, 2.24) is 0 Å². The maximum absolute atomic E-state index is 13.0. The number of rotatable bonds is 6. The highest BCUT2D eigenvalue weighted by Crippen LogP contribution is 2.38. The Balaban J connectivity index is 1.92. The first-order valence-electron chi connectivity index (χ1n) is 9.60. The van der Waals surface area contributed by atoms with E-state index in [9.17, 15) is 9.59 Å². The molecule has 2 aromatic rings. The Morgan fingerprint density at radius 2 is 2.07 bits per heavy atom. The van der Waals surface area contributed by atoms with Gasteiger partial charge in [-0.15, -0.1) is 6.58 Å². The Morgan fingerprint density at radius 3 is 2.79 bits per heavy atom. The van der Waals surface area contributed by atoms with E-state index in [4.69, 9.17) is 9.47 Å². The molecular formula is C23H26N2O4. The lowest BCUT2D eigenvalue weighted by Gasteiger charge is -2.27. The van der Waals surface area contributed by atoms with Gasteiger partial charge in [0, 0.05) is 12.2 Å². The zero-order chi connectivity index (χ0) is 21.0. The van der Waals surface area contributed by atoms with Gasteiger partial charge in [-0.3, -0.25) is 9.59 Å². The van der Waals surface area contributed by atoms with Crippen molar-refractivity contribution < 1.29 is 19.1 Å². The summed E-state index contributed by atoms with van der Waals surface area (Å²) in [4.78, 5) is 27.4. The van der Waals surface area contributed by atoms with Crippen LogP contribution in [0.15, 0.2) is 55.1 Å². The van der Waals surface area contributed by atoms with Crippen LogP contribution in [0.3, 0.4) is 0 Å². The zero-order valence-electron chi connectivity index (χ0n) is 17.0. The lowest BCUT2D eigenvalue weighted by Crippen LogP contribution is -2.42.